The number of aromatic nitrogens is 8. The molecule has 2 saturated heterocycles. The Kier molecular flexibility index (Phi) is 10.4. The molecule has 320 valence electrons. The van der Waals surface area contributed by atoms with Crippen molar-refractivity contribution in [3.05, 3.63) is 89.5 Å². The van der Waals surface area contributed by atoms with Crippen LogP contribution in [-0.2, 0) is 17.6 Å². The van der Waals surface area contributed by atoms with Crippen molar-refractivity contribution >= 4 is 38.0 Å². The van der Waals surface area contributed by atoms with E-state index in [1.807, 2.05) is 20.8 Å². The van der Waals surface area contributed by atoms with Gasteiger partial charge < -0.3 is 15.0 Å². The van der Waals surface area contributed by atoms with Gasteiger partial charge in [-0.05, 0) is 155 Å². The predicted octanol–water partition coefficient (Wildman–Crippen LogP) is 6.29. The summed E-state index contributed by atoms with van der Waals surface area (Å²) in [7, 11) is 0. The molecule has 4 fully saturated rings. The summed E-state index contributed by atoms with van der Waals surface area (Å²) < 4.78 is 55.1. The molecule has 22 heteroatoms. The number of rotatable bonds is 8. The zero-order valence-corrected chi connectivity index (χ0v) is 36.2. The first-order chi connectivity index (χ1) is 29.1. The number of hydrogen-bond acceptors (Lipinski definition) is 15. The number of nitrogens with zero attached hydrogens (tertiary/aromatic N) is 9. The van der Waals surface area contributed by atoms with Crippen LogP contribution >= 0.6 is 31.9 Å². The Morgan fingerprint density at radius 3 is 1.62 bits per heavy atom. The number of carbonyl (C=O) groups excluding carboxylic acids is 1. The fourth-order valence-electron chi connectivity index (χ4n) is 8.93. The Morgan fingerprint density at radius 2 is 1.21 bits per heavy atom. The molecule has 0 atom stereocenters. The van der Waals surface area contributed by atoms with E-state index in [9.17, 15) is 23.2 Å². The van der Waals surface area contributed by atoms with Gasteiger partial charge in [0, 0.05) is 31.6 Å². The molecule has 2 aliphatic heterocycles. The fourth-order valence-corrected chi connectivity index (χ4v) is 9.67. The largest absolute Gasteiger partial charge is 0.446 e. The third kappa shape index (κ3) is 8.00. The van der Waals surface area contributed by atoms with Crippen LogP contribution in [0.2, 0.25) is 0 Å². The molecule has 4 aliphatic rings. The van der Waals surface area contributed by atoms with E-state index < -0.39 is 28.7 Å². The van der Waals surface area contributed by atoms with E-state index >= 15 is 0 Å². The third-order valence-corrected chi connectivity index (χ3v) is 12.8. The second-order valence-electron chi connectivity index (χ2n) is 17.4. The van der Waals surface area contributed by atoms with Gasteiger partial charge in [0.2, 0.25) is 11.6 Å². The molecule has 18 nitrogen and oxygen atoms in total. The van der Waals surface area contributed by atoms with Gasteiger partial charge in [-0.2, -0.15) is 0 Å². The highest BCUT2D eigenvalue weighted by Gasteiger charge is 2.54. The molecule has 2 aromatic carbocycles. The molecule has 1 N–H and O–H groups in total. The number of nitrogens with one attached hydrogen (secondary N) is 1. The van der Waals surface area contributed by atoms with E-state index in [1.54, 1.807) is 4.90 Å². The molecule has 0 unspecified atom stereocenters. The van der Waals surface area contributed by atoms with Gasteiger partial charge in [-0.1, -0.05) is 20.6 Å². The normalized spacial score (nSPS) is 18.8. The number of amides is 1. The average Bonchev–Trinajstić information content (AvgIpc) is 3.95. The van der Waals surface area contributed by atoms with Gasteiger partial charge in [-0.25, -0.2) is 41.6 Å². The van der Waals surface area contributed by atoms with Crippen molar-refractivity contribution in [2.24, 2.45) is 22.7 Å². The molecular formula is C39H38Br2F2N10O8. The molecule has 4 aromatic heterocycles. The highest BCUT2D eigenvalue weighted by molar-refractivity contribution is 9.10. The predicted molar refractivity (Wildman–Crippen MR) is 214 cm³/mol. The van der Waals surface area contributed by atoms with Gasteiger partial charge in [0.05, 0.1) is 20.3 Å². The number of ether oxygens (including phenoxy) is 1. The number of halogens is 4. The van der Waals surface area contributed by atoms with E-state index in [-0.39, 0.29) is 32.1 Å². The lowest BCUT2D eigenvalue weighted by Crippen LogP contribution is -2.64. The van der Waals surface area contributed by atoms with Crippen molar-refractivity contribution < 1.29 is 36.6 Å². The molecule has 2 aliphatic carbocycles. The Hall–Kier alpha value is -5.35. The first-order valence-corrected chi connectivity index (χ1v) is 21.1. The van der Waals surface area contributed by atoms with Crippen LogP contribution in [0.1, 0.15) is 57.8 Å². The molecule has 0 radical (unpaired) electrons. The van der Waals surface area contributed by atoms with E-state index in [4.69, 9.17) is 23.0 Å². The SMILES string of the molecule is CC(C)(C)OC(=O)N1CC2(CC(Cc3nonc3-c3noc(=O)n3-c3ccc(F)c(Br)c3)C2)C1.O=c1onc(-c2nonc2CC2CC3(CNC3)C2)n1-c1ccc(F)c(Br)c1. The summed E-state index contributed by atoms with van der Waals surface area (Å²) >= 11 is 6.25. The van der Waals surface area contributed by atoms with Crippen LogP contribution in [-0.4, -0.2) is 82.8 Å². The van der Waals surface area contributed by atoms with Crippen molar-refractivity contribution in [2.45, 2.75) is 64.9 Å². The highest BCUT2D eigenvalue weighted by Crippen LogP contribution is 2.53. The molecule has 0 bridgehead atoms. The molecule has 10 rings (SSSR count). The van der Waals surface area contributed by atoms with Crippen molar-refractivity contribution in [3.8, 4) is 34.4 Å². The van der Waals surface area contributed by atoms with Gasteiger partial charge in [-0.3, -0.25) is 9.05 Å². The minimum atomic E-state index is -0.734. The van der Waals surface area contributed by atoms with Crippen molar-refractivity contribution in [1.82, 2.24) is 50.3 Å². The number of hydrogen-bond donors (Lipinski definition) is 1. The Balaban J connectivity index is 0.000000160. The van der Waals surface area contributed by atoms with Gasteiger partial charge >= 0.3 is 17.6 Å². The second kappa shape index (κ2) is 15.5. The Labute approximate surface area is 361 Å². The molecule has 1 amide bonds. The van der Waals surface area contributed by atoms with Crippen LogP contribution in [0.25, 0.3) is 34.4 Å². The quantitative estimate of drug-likeness (QED) is 0.178. The minimum absolute atomic E-state index is 0.120. The maximum Gasteiger partial charge on any atom is 0.446 e. The van der Waals surface area contributed by atoms with Crippen molar-refractivity contribution in [1.29, 1.82) is 0 Å². The van der Waals surface area contributed by atoms with Crippen LogP contribution < -0.4 is 16.8 Å². The first-order valence-electron chi connectivity index (χ1n) is 19.5. The molecule has 2 saturated carbocycles. The Morgan fingerprint density at radius 1 is 0.754 bits per heavy atom. The van der Waals surface area contributed by atoms with Gasteiger partial charge in [0.15, 0.2) is 11.4 Å². The number of carbonyl (C=O) groups is 1. The van der Waals surface area contributed by atoms with E-state index in [2.05, 4.69) is 68.1 Å². The van der Waals surface area contributed by atoms with Gasteiger partial charge in [0.1, 0.15) is 28.6 Å². The lowest BCUT2D eigenvalue weighted by Gasteiger charge is -2.58. The van der Waals surface area contributed by atoms with Gasteiger partial charge in [0.25, 0.3) is 0 Å². The fraction of sp³-hybridized carbons (Fsp3) is 0.462. The van der Waals surface area contributed by atoms with Crippen LogP contribution in [0.5, 0.6) is 0 Å². The minimum Gasteiger partial charge on any atom is -0.444 e. The summed E-state index contributed by atoms with van der Waals surface area (Å²) in [6, 6.07) is 8.33. The summed E-state index contributed by atoms with van der Waals surface area (Å²) in [5.74, 6) is -1.16. The highest BCUT2D eigenvalue weighted by atomic mass is 79.9. The summed E-state index contributed by atoms with van der Waals surface area (Å²) in [6.07, 6.45) is 5.17. The molecule has 6 heterocycles. The monoisotopic (exact) mass is 970 g/mol. The van der Waals surface area contributed by atoms with Crippen LogP contribution in [0, 0.1) is 34.3 Å². The zero-order valence-electron chi connectivity index (χ0n) is 33.0. The maximum absolute atomic E-state index is 13.7. The van der Waals surface area contributed by atoms with E-state index in [0.29, 0.717) is 77.3 Å². The van der Waals surface area contributed by atoms with Crippen LogP contribution in [0.15, 0.2) is 73.2 Å². The standard InChI is InChI=1S/C22H23BrFN5O5.C17H15BrFN5O3/c1-21(2,3)32-19(30)28-10-22(11-28)8-12(9-22)6-16-17(26-34-25-16)18-27-33-20(31)29(18)13-4-5-15(24)14(23)7-13;18-11-4-10(1-2-12(11)19)24-15(23-26-16(24)25)14-13(21-27-22-14)3-9-5-17(6-9)7-20-8-17/h4-5,7,12H,6,8-11H2,1-3H3;1-2,4,9,20H,3,5-8H2. The number of benzene rings is 2. The lowest BCUT2D eigenvalue weighted by atomic mass is 9.57. The van der Waals surface area contributed by atoms with Gasteiger partial charge in [-0.15, -0.1) is 0 Å². The van der Waals surface area contributed by atoms with Crippen LogP contribution in [0.3, 0.4) is 0 Å². The molecule has 61 heavy (non-hydrogen) atoms. The second-order valence-corrected chi connectivity index (χ2v) is 19.1. The van der Waals surface area contributed by atoms with E-state index in [0.717, 1.165) is 38.8 Å². The average molecular weight is 973 g/mol. The summed E-state index contributed by atoms with van der Waals surface area (Å²) in [5, 5.41) is 27.0. The molecule has 6 aromatic rings. The van der Waals surface area contributed by atoms with Crippen molar-refractivity contribution in [3.63, 3.8) is 0 Å². The molecule has 2 spiro atoms. The summed E-state index contributed by atoms with van der Waals surface area (Å²) in [5.41, 5.74) is 2.71. The van der Waals surface area contributed by atoms with Crippen molar-refractivity contribution in [2.75, 3.05) is 26.2 Å². The summed E-state index contributed by atoms with van der Waals surface area (Å²) in [4.78, 5) is 38.5. The lowest BCUT2D eigenvalue weighted by molar-refractivity contribution is -0.0949. The third-order valence-electron chi connectivity index (χ3n) is 11.6. The van der Waals surface area contributed by atoms with Crippen LogP contribution in [0.4, 0.5) is 13.6 Å². The summed E-state index contributed by atoms with van der Waals surface area (Å²) in [6.45, 7) is 9.09. The Bertz CT molecular complexity index is 2730. The topological polar surface area (TPSA) is 215 Å². The number of likely N-dealkylation sites (tertiary alicyclic amines) is 1. The smallest absolute Gasteiger partial charge is 0.444 e. The first kappa shape index (κ1) is 41.0. The van der Waals surface area contributed by atoms with E-state index in [1.165, 1.54) is 45.5 Å². The molecular weight excluding hydrogens is 934 g/mol. The maximum atomic E-state index is 13.7. The zero-order chi connectivity index (χ0) is 42.8.